The summed E-state index contributed by atoms with van der Waals surface area (Å²) >= 11 is 0. The minimum atomic E-state index is -0.213. The lowest BCUT2D eigenvalue weighted by Gasteiger charge is -2.36. The largest absolute Gasteiger partial charge is 0.495 e. The molecule has 7 heteroatoms. The van der Waals surface area contributed by atoms with Crippen molar-refractivity contribution in [3.05, 3.63) is 54.3 Å². The predicted molar refractivity (Wildman–Crippen MR) is 121 cm³/mol. The molecule has 1 aliphatic rings. The van der Waals surface area contributed by atoms with Gasteiger partial charge in [0.25, 0.3) is 5.91 Å². The monoisotopic (exact) mass is 421 g/mol. The number of nitrogens with one attached hydrogen (secondary N) is 1. The Bertz CT molecular complexity index is 1100. The van der Waals surface area contributed by atoms with E-state index in [9.17, 15) is 9.59 Å². The third kappa shape index (κ3) is 4.08. The van der Waals surface area contributed by atoms with Crippen LogP contribution in [0.4, 0.5) is 11.4 Å². The highest BCUT2D eigenvalue weighted by Crippen LogP contribution is 2.33. The zero-order chi connectivity index (χ0) is 22.0. The number of anilines is 2. The van der Waals surface area contributed by atoms with Gasteiger partial charge in [-0.2, -0.15) is 0 Å². The second-order valence-electron chi connectivity index (χ2n) is 7.90. The maximum atomic E-state index is 13.3. The van der Waals surface area contributed by atoms with Crippen LogP contribution in [0.3, 0.4) is 0 Å². The molecule has 7 nitrogen and oxygen atoms in total. The van der Waals surface area contributed by atoms with Gasteiger partial charge >= 0.3 is 0 Å². The molecule has 1 aromatic heterocycles. The van der Waals surface area contributed by atoms with E-state index < -0.39 is 0 Å². The van der Waals surface area contributed by atoms with Crippen LogP contribution in [-0.2, 0) is 4.79 Å². The standard InChI is InChI=1S/C24H27N3O4/c1-16(2)23(28)25-21-17-8-4-6-10-19(17)31-22(21)24(29)27-14-12-26(13-15-27)18-9-5-7-11-20(18)30-3/h4-11,16H,12-15H2,1-3H3,(H,25,28). The number of hydrogen-bond acceptors (Lipinski definition) is 5. The van der Waals surface area contributed by atoms with Gasteiger partial charge in [-0.25, -0.2) is 0 Å². The molecule has 2 aromatic carbocycles. The number of para-hydroxylation sites is 3. The van der Waals surface area contributed by atoms with E-state index in [-0.39, 0.29) is 23.5 Å². The number of fused-ring (bicyclic) bond motifs is 1. The van der Waals surface area contributed by atoms with Gasteiger partial charge in [0.15, 0.2) is 0 Å². The molecule has 0 atom stereocenters. The average molecular weight is 421 g/mol. The summed E-state index contributed by atoms with van der Waals surface area (Å²) in [5.74, 6) is 0.428. The summed E-state index contributed by atoms with van der Waals surface area (Å²) in [6, 6.07) is 15.2. The van der Waals surface area contributed by atoms with Gasteiger partial charge in [0, 0.05) is 37.5 Å². The molecule has 162 valence electrons. The van der Waals surface area contributed by atoms with E-state index in [0.29, 0.717) is 37.4 Å². The van der Waals surface area contributed by atoms with E-state index in [1.807, 2.05) is 56.3 Å². The van der Waals surface area contributed by atoms with Crippen LogP contribution in [0.5, 0.6) is 5.75 Å². The first-order valence-electron chi connectivity index (χ1n) is 10.5. The number of amides is 2. The zero-order valence-electron chi connectivity index (χ0n) is 18.1. The molecule has 3 aromatic rings. The number of carbonyl (C=O) groups is 2. The topological polar surface area (TPSA) is 75.0 Å². The molecule has 2 amide bonds. The van der Waals surface area contributed by atoms with Crippen LogP contribution < -0.4 is 15.0 Å². The molecule has 2 heterocycles. The van der Waals surface area contributed by atoms with Crippen molar-refractivity contribution in [2.75, 3.05) is 43.5 Å². The molecule has 4 rings (SSSR count). The van der Waals surface area contributed by atoms with Crippen LogP contribution in [0.2, 0.25) is 0 Å². The molecule has 0 bridgehead atoms. The first-order chi connectivity index (χ1) is 15.0. The first kappa shape index (κ1) is 20.8. The Hall–Kier alpha value is -3.48. The summed E-state index contributed by atoms with van der Waals surface area (Å²) in [4.78, 5) is 29.7. The van der Waals surface area contributed by atoms with E-state index in [1.165, 1.54) is 0 Å². The molecule has 0 aliphatic carbocycles. The number of furan rings is 1. The van der Waals surface area contributed by atoms with E-state index in [4.69, 9.17) is 9.15 Å². The Kier molecular flexibility index (Phi) is 5.84. The Morgan fingerprint density at radius 3 is 2.39 bits per heavy atom. The quantitative estimate of drug-likeness (QED) is 0.674. The summed E-state index contributed by atoms with van der Waals surface area (Å²) in [5, 5.41) is 3.62. The molecule has 31 heavy (non-hydrogen) atoms. The van der Waals surface area contributed by atoms with Crippen molar-refractivity contribution in [1.82, 2.24) is 4.90 Å². The number of piperazine rings is 1. The van der Waals surface area contributed by atoms with Crippen LogP contribution in [0.25, 0.3) is 11.0 Å². The van der Waals surface area contributed by atoms with E-state index in [2.05, 4.69) is 10.2 Å². The number of ether oxygens (including phenoxy) is 1. The number of benzene rings is 2. The summed E-state index contributed by atoms with van der Waals surface area (Å²) in [6.07, 6.45) is 0. The Morgan fingerprint density at radius 1 is 1.00 bits per heavy atom. The van der Waals surface area contributed by atoms with Gasteiger partial charge in [-0.1, -0.05) is 38.1 Å². The number of rotatable bonds is 5. The molecule has 0 spiro atoms. The second kappa shape index (κ2) is 8.71. The van der Waals surface area contributed by atoms with Gasteiger partial charge < -0.3 is 24.3 Å². The second-order valence-corrected chi connectivity index (χ2v) is 7.90. The van der Waals surface area contributed by atoms with Crippen LogP contribution in [0.1, 0.15) is 24.4 Å². The summed E-state index contributed by atoms with van der Waals surface area (Å²) in [5.41, 5.74) is 2.05. The SMILES string of the molecule is COc1ccccc1N1CCN(C(=O)c2oc3ccccc3c2NC(=O)C(C)C)CC1. The van der Waals surface area contributed by atoms with Crippen LogP contribution >= 0.6 is 0 Å². The smallest absolute Gasteiger partial charge is 0.291 e. The minimum Gasteiger partial charge on any atom is -0.495 e. The third-order valence-corrected chi connectivity index (χ3v) is 5.56. The van der Waals surface area contributed by atoms with Crippen molar-refractivity contribution < 1.29 is 18.7 Å². The van der Waals surface area contributed by atoms with E-state index >= 15 is 0 Å². The molecular formula is C24H27N3O4. The molecule has 0 radical (unpaired) electrons. The zero-order valence-corrected chi connectivity index (χ0v) is 18.1. The van der Waals surface area contributed by atoms with Crippen molar-refractivity contribution in [2.45, 2.75) is 13.8 Å². The van der Waals surface area contributed by atoms with Crippen molar-refractivity contribution >= 4 is 34.2 Å². The summed E-state index contributed by atoms with van der Waals surface area (Å²) in [7, 11) is 1.66. The van der Waals surface area contributed by atoms with Crippen molar-refractivity contribution in [3.8, 4) is 5.75 Å². The highest BCUT2D eigenvalue weighted by Gasteiger charge is 2.29. The van der Waals surface area contributed by atoms with E-state index in [0.717, 1.165) is 16.8 Å². The Balaban J connectivity index is 1.56. The molecular weight excluding hydrogens is 394 g/mol. The summed E-state index contributed by atoms with van der Waals surface area (Å²) < 4.78 is 11.4. The Labute approximate surface area is 181 Å². The van der Waals surface area contributed by atoms with Crippen molar-refractivity contribution in [2.24, 2.45) is 5.92 Å². The van der Waals surface area contributed by atoms with Crippen molar-refractivity contribution in [1.29, 1.82) is 0 Å². The highest BCUT2D eigenvalue weighted by atomic mass is 16.5. The maximum absolute atomic E-state index is 13.3. The van der Waals surface area contributed by atoms with Gasteiger partial charge in [-0.05, 0) is 24.3 Å². The molecule has 0 saturated carbocycles. The lowest BCUT2D eigenvalue weighted by atomic mass is 10.1. The van der Waals surface area contributed by atoms with Crippen LogP contribution in [-0.4, -0.2) is 50.0 Å². The van der Waals surface area contributed by atoms with Gasteiger partial charge in [-0.3, -0.25) is 9.59 Å². The molecule has 1 aliphatic heterocycles. The van der Waals surface area contributed by atoms with Gasteiger partial charge in [-0.15, -0.1) is 0 Å². The van der Waals surface area contributed by atoms with E-state index in [1.54, 1.807) is 18.1 Å². The molecule has 0 unspecified atom stereocenters. The lowest BCUT2D eigenvalue weighted by molar-refractivity contribution is -0.118. The number of hydrogen-bond donors (Lipinski definition) is 1. The van der Waals surface area contributed by atoms with Gasteiger partial charge in [0.2, 0.25) is 11.7 Å². The molecule has 1 N–H and O–H groups in total. The number of methoxy groups -OCH3 is 1. The van der Waals surface area contributed by atoms with Crippen LogP contribution in [0.15, 0.2) is 52.9 Å². The summed E-state index contributed by atoms with van der Waals surface area (Å²) in [6.45, 7) is 6.09. The highest BCUT2D eigenvalue weighted by molar-refractivity contribution is 6.11. The fourth-order valence-corrected chi connectivity index (χ4v) is 3.77. The average Bonchev–Trinajstić information content (AvgIpc) is 3.17. The normalized spacial score (nSPS) is 14.2. The Morgan fingerprint density at radius 2 is 1.68 bits per heavy atom. The first-order valence-corrected chi connectivity index (χ1v) is 10.5. The maximum Gasteiger partial charge on any atom is 0.291 e. The lowest BCUT2D eigenvalue weighted by Crippen LogP contribution is -2.49. The molecule has 1 fully saturated rings. The number of nitrogens with zero attached hydrogens (tertiary/aromatic N) is 2. The number of carbonyl (C=O) groups excluding carboxylic acids is 2. The fourth-order valence-electron chi connectivity index (χ4n) is 3.77. The van der Waals surface area contributed by atoms with Crippen molar-refractivity contribution in [3.63, 3.8) is 0 Å². The minimum absolute atomic E-state index is 0.151. The third-order valence-electron chi connectivity index (χ3n) is 5.56. The molecule has 1 saturated heterocycles. The fraction of sp³-hybridized carbons (Fsp3) is 0.333. The van der Waals surface area contributed by atoms with Crippen LogP contribution in [0, 0.1) is 5.92 Å². The van der Waals surface area contributed by atoms with Gasteiger partial charge in [0.05, 0.1) is 12.8 Å². The van der Waals surface area contributed by atoms with Gasteiger partial charge in [0.1, 0.15) is 17.0 Å². The predicted octanol–water partition coefficient (Wildman–Crippen LogP) is 4.00.